The van der Waals surface area contributed by atoms with Crippen molar-refractivity contribution in [3.05, 3.63) is 211 Å². The van der Waals surface area contributed by atoms with Crippen molar-refractivity contribution in [2.45, 2.75) is 19.3 Å². The average molecular weight is 714 g/mol. The summed E-state index contributed by atoms with van der Waals surface area (Å²) < 4.78 is 0. The molecule has 1 nitrogen and oxygen atoms in total. The largest absolute Gasteiger partial charge is 0.310 e. The molecule has 0 fully saturated rings. The molecule has 0 aromatic heterocycles. The molecule has 0 radical (unpaired) electrons. The third-order valence-electron chi connectivity index (χ3n) is 12.2. The summed E-state index contributed by atoms with van der Waals surface area (Å²) in [5.41, 5.74) is 13.6. The van der Waals surface area contributed by atoms with Crippen LogP contribution in [0.1, 0.15) is 25.0 Å². The standard InChI is InChI=1S/C55H39N/c1-55(2)53-14-8-7-13-49(53)50-32-31-46(35-54(50)55)56(44-27-23-36(24-28-44)42-21-19-40-17-15-38-9-3-5-11-47(38)51(40)33-42)45-29-25-37(26-30-45)43-22-20-41-18-16-39-10-4-6-12-48(39)52(41)34-43/h3-35H,1-2H3. The third kappa shape index (κ3) is 5.16. The maximum atomic E-state index is 2.42. The highest BCUT2D eigenvalue weighted by molar-refractivity contribution is 6.10. The Morgan fingerprint density at radius 1 is 0.304 bits per heavy atom. The van der Waals surface area contributed by atoms with Crippen molar-refractivity contribution in [2.24, 2.45) is 0 Å². The van der Waals surface area contributed by atoms with Gasteiger partial charge in [0.2, 0.25) is 0 Å². The van der Waals surface area contributed by atoms with E-state index in [9.17, 15) is 0 Å². The van der Waals surface area contributed by atoms with Gasteiger partial charge in [0.15, 0.2) is 0 Å². The van der Waals surface area contributed by atoms with Gasteiger partial charge in [-0.15, -0.1) is 0 Å². The van der Waals surface area contributed by atoms with E-state index >= 15 is 0 Å². The van der Waals surface area contributed by atoms with Gasteiger partial charge >= 0.3 is 0 Å². The summed E-state index contributed by atoms with van der Waals surface area (Å²) in [6, 6.07) is 74.0. The van der Waals surface area contributed by atoms with Crippen molar-refractivity contribution >= 4 is 60.2 Å². The van der Waals surface area contributed by atoms with Gasteiger partial charge in [0.05, 0.1) is 0 Å². The van der Waals surface area contributed by atoms with Crippen LogP contribution in [0.15, 0.2) is 200 Å². The predicted molar refractivity (Wildman–Crippen MR) is 240 cm³/mol. The fourth-order valence-corrected chi connectivity index (χ4v) is 9.25. The predicted octanol–water partition coefficient (Wildman–Crippen LogP) is 15.4. The van der Waals surface area contributed by atoms with E-state index in [2.05, 4.69) is 219 Å². The monoisotopic (exact) mass is 713 g/mol. The lowest BCUT2D eigenvalue weighted by Gasteiger charge is -2.28. The smallest absolute Gasteiger partial charge is 0.0465 e. The lowest BCUT2D eigenvalue weighted by Crippen LogP contribution is -2.16. The van der Waals surface area contributed by atoms with E-state index in [1.54, 1.807) is 0 Å². The Labute approximate surface area is 327 Å². The van der Waals surface area contributed by atoms with Crippen molar-refractivity contribution in [1.29, 1.82) is 0 Å². The van der Waals surface area contributed by atoms with Crippen LogP contribution in [0.4, 0.5) is 17.1 Å². The topological polar surface area (TPSA) is 3.24 Å². The van der Waals surface area contributed by atoms with Crippen molar-refractivity contribution in [2.75, 3.05) is 4.90 Å². The van der Waals surface area contributed by atoms with Crippen LogP contribution in [0.25, 0.3) is 76.5 Å². The number of benzene rings is 10. The minimum absolute atomic E-state index is 0.0954. The molecule has 10 aromatic rings. The van der Waals surface area contributed by atoms with E-state index in [0.717, 1.165) is 17.1 Å². The highest BCUT2D eigenvalue weighted by Gasteiger charge is 2.35. The van der Waals surface area contributed by atoms with Crippen molar-refractivity contribution in [3.8, 4) is 33.4 Å². The summed E-state index contributed by atoms with van der Waals surface area (Å²) in [6.45, 7) is 4.71. The molecule has 0 unspecified atom stereocenters. The van der Waals surface area contributed by atoms with Crippen LogP contribution in [-0.2, 0) is 5.41 Å². The van der Waals surface area contributed by atoms with Crippen molar-refractivity contribution in [3.63, 3.8) is 0 Å². The number of hydrogen-bond acceptors (Lipinski definition) is 1. The molecule has 0 aliphatic heterocycles. The normalized spacial score (nSPS) is 13.0. The van der Waals surface area contributed by atoms with Crippen LogP contribution < -0.4 is 4.90 Å². The molecular weight excluding hydrogens is 675 g/mol. The van der Waals surface area contributed by atoms with Gasteiger partial charge in [-0.3, -0.25) is 0 Å². The van der Waals surface area contributed by atoms with Crippen LogP contribution in [0, 0.1) is 0 Å². The maximum Gasteiger partial charge on any atom is 0.0465 e. The number of hydrogen-bond donors (Lipinski definition) is 0. The molecule has 1 aliphatic rings. The second kappa shape index (κ2) is 12.5. The number of anilines is 3. The molecule has 0 spiro atoms. The van der Waals surface area contributed by atoms with Crippen LogP contribution in [0.3, 0.4) is 0 Å². The molecule has 0 N–H and O–H groups in total. The minimum atomic E-state index is -0.0954. The zero-order valence-electron chi connectivity index (χ0n) is 31.5. The van der Waals surface area contributed by atoms with E-state index in [4.69, 9.17) is 0 Å². The number of rotatable bonds is 5. The number of nitrogens with zero attached hydrogens (tertiary/aromatic N) is 1. The molecule has 56 heavy (non-hydrogen) atoms. The van der Waals surface area contributed by atoms with Crippen LogP contribution in [-0.4, -0.2) is 0 Å². The molecule has 0 heterocycles. The van der Waals surface area contributed by atoms with Gasteiger partial charge in [0.25, 0.3) is 0 Å². The quantitative estimate of drug-likeness (QED) is 0.161. The molecule has 1 aliphatic carbocycles. The summed E-state index contributed by atoms with van der Waals surface area (Å²) in [7, 11) is 0. The first kappa shape index (κ1) is 32.5. The Kier molecular flexibility index (Phi) is 7.28. The second-order valence-electron chi connectivity index (χ2n) is 15.8. The van der Waals surface area contributed by atoms with Gasteiger partial charge in [-0.1, -0.05) is 166 Å². The molecule has 0 saturated carbocycles. The van der Waals surface area contributed by atoms with Crippen LogP contribution in [0.2, 0.25) is 0 Å². The van der Waals surface area contributed by atoms with E-state index in [-0.39, 0.29) is 5.41 Å². The number of fused-ring (bicyclic) bond motifs is 9. The Bertz CT molecular complexity index is 2990. The first-order chi connectivity index (χ1) is 27.5. The molecular formula is C55H39N. The molecule has 11 rings (SSSR count). The Morgan fingerprint density at radius 3 is 1.27 bits per heavy atom. The van der Waals surface area contributed by atoms with Gasteiger partial charge in [-0.25, -0.2) is 0 Å². The van der Waals surface area contributed by atoms with Gasteiger partial charge in [0, 0.05) is 22.5 Å². The summed E-state index contributed by atoms with van der Waals surface area (Å²) >= 11 is 0. The van der Waals surface area contributed by atoms with E-state index < -0.39 is 0 Å². The summed E-state index contributed by atoms with van der Waals surface area (Å²) in [4.78, 5) is 2.41. The minimum Gasteiger partial charge on any atom is -0.310 e. The maximum absolute atomic E-state index is 2.42. The summed E-state index contributed by atoms with van der Waals surface area (Å²) in [6.07, 6.45) is 0. The van der Waals surface area contributed by atoms with E-state index in [1.165, 1.54) is 87.6 Å². The van der Waals surface area contributed by atoms with Gasteiger partial charge < -0.3 is 4.90 Å². The third-order valence-corrected chi connectivity index (χ3v) is 12.2. The van der Waals surface area contributed by atoms with Gasteiger partial charge in [-0.05, 0) is 136 Å². The zero-order chi connectivity index (χ0) is 37.4. The fourth-order valence-electron chi connectivity index (χ4n) is 9.25. The molecule has 0 saturated heterocycles. The first-order valence-electron chi connectivity index (χ1n) is 19.6. The zero-order valence-corrected chi connectivity index (χ0v) is 31.5. The van der Waals surface area contributed by atoms with E-state index in [1.807, 2.05) is 0 Å². The Morgan fingerprint density at radius 2 is 0.714 bits per heavy atom. The van der Waals surface area contributed by atoms with Crippen molar-refractivity contribution < 1.29 is 0 Å². The molecule has 10 aromatic carbocycles. The van der Waals surface area contributed by atoms with Crippen LogP contribution >= 0.6 is 0 Å². The lowest BCUT2D eigenvalue weighted by molar-refractivity contribution is 0.660. The lowest BCUT2D eigenvalue weighted by atomic mass is 9.82. The highest BCUT2D eigenvalue weighted by Crippen LogP contribution is 2.50. The fraction of sp³-hybridized carbons (Fsp3) is 0.0545. The molecule has 264 valence electrons. The Hall–Kier alpha value is -6.96. The second-order valence-corrected chi connectivity index (χ2v) is 15.8. The summed E-state index contributed by atoms with van der Waals surface area (Å²) in [5, 5.41) is 10.2. The molecule has 0 atom stereocenters. The van der Waals surface area contributed by atoms with Gasteiger partial charge in [-0.2, -0.15) is 0 Å². The first-order valence-corrected chi connectivity index (χ1v) is 19.6. The summed E-state index contributed by atoms with van der Waals surface area (Å²) in [5.74, 6) is 0. The average Bonchev–Trinajstić information content (AvgIpc) is 3.49. The Balaban J connectivity index is 1.01. The van der Waals surface area contributed by atoms with E-state index in [0.29, 0.717) is 0 Å². The van der Waals surface area contributed by atoms with Crippen LogP contribution in [0.5, 0.6) is 0 Å². The highest BCUT2D eigenvalue weighted by atomic mass is 15.1. The van der Waals surface area contributed by atoms with Crippen molar-refractivity contribution in [1.82, 2.24) is 0 Å². The SMILES string of the molecule is CC1(C)c2ccccc2-c2ccc(N(c3ccc(-c4ccc5ccc6ccccc6c5c4)cc3)c3ccc(-c4ccc5ccc6ccccc6c5c4)cc3)cc21. The van der Waals surface area contributed by atoms with Gasteiger partial charge in [0.1, 0.15) is 0 Å². The molecule has 1 heteroatoms. The molecule has 0 bridgehead atoms. The molecule has 0 amide bonds.